The summed E-state index contributed by atoms with van der Waals surface area (Å²) in [6, 6.07) is 6.95. The molecule has 2 aliphatic rings. The van der Waals surface area contributed by atoms with E-state index in [1.807, 2.05) is 19.1 Å². The average molecular weight is 356 g/mol. The van der Waals surface area contributed by atoms with Crippen LogP contribution in [0.1, 0.15) is 74.7 Å². The molecule has 1 N–H and O–H groups in total. The molecule has 5 nitrogen and oxygen atoms in total. The first-order valence-electron chi connectivity index (χ1n) is 9.60. The molecule has 0 bridgehead atoms. The first-order chi connectivity index (χ1) is 12.3. The van der Waals surface area contributed by atoms with Crippen LogP contribution in [0.5, 0.6) is 0 Å². The van der Waals surface area contributed by atoms with Gasteiger partial charge in [-0.2, -0.15) is 0 Å². The van der Waals surface area contributed by atoms with Crippen LogP contribution in [0, 0.1) is 5.92 Å². The third kappa shape index (κ3) is 3.39. The van der Waals surface area contributed by atoms with E-state index in [4.69, 9.17) is 0 Å². The Hall–Kier alpha value is -2.17. The molecule has 0 unspecified atom stereocenters. The Balaban J connectivity index is 1.72. The first kappa shape index (κ1) is 18.6. The topological polar surface area (TPSA) is 66.5 Å². The Morgan fingerprint density at radius 1 is 1.15 bits per heavy atom. The number of hydrogen-bond donors (Lipinski definition) is 1. The van der Waals surface area contributed by atoms with E-state index in [1.165, 1.54) is 6.42 Å². The van der Waals surface area contributed by atoms with Crippen LogP contribution in [0.2, 0.25) is 0 Å². The maximum Gasteiger partial charge on any atom is 0.325 e. The lowest BCUT2D eigenvalue weighted by atomic mass is 9.75. The lowest BCUT2D eigenvalue weighted by molar-refractivity contribution is -0.132. The number of amides is 3. The van der Waals surface area contributed by atoms with Crippen LogP contribution < -0.4 is 5.32 Å². The number of carbonyl (C=O) groups excluding carboxylic acids is 3. The molecule has 3 rings (SSSR count). The number of nitrogens with one attached hydrogen (secondary N) is 1. The fraction of sp³-hybridized carbons (Fsp3) is 0.571. The highest BCUT2D eigenvalue weighted by Gasteiger charge is 2.52. The quantitative estimate of drug-likeness (QED) is 0.643. The summed E-state index contributed by atoms with van der Waals surface area (Å²) in [5.74, 6) is 0.0673. The summed E-state index contributed by atoms with van der Waals surface area (Å²) >= 11 is 0. The summed E-state index contributed by atoms with van der Waals surface area (Å²) in [6.45, 7) is 5.80. The largest absolute Gasteiger partial charge is 0.325 e. The van der Waals surface area contributed by atoms with E-state index in [9.17, 15) is 14.4 Å². The summed E-state index contributed by atoms with van der Waals surface area (Å²) < 4.78 is 0. The van der Waals surface area contributed by atoms with Gasteiger partial charge in [-0.15, -0.1) is 0 Å². The minimum Gasteiger partial charge on any atom is -0.323 e. The number of nitrogens with zero attached hydrogens (tertiary/aromatic N) is 1. The van der Waals surface area contributed by atoms with Crippen LogP contribution in [-0.4, -0.2) is 34.7 Å². The number of benzene rings is 1. The highest BCUT2D eigenvalue weighted by Crippen LogP contribution is 2.36. The number of urea groups is 1. The molecule has 0 radical (unpaired) electrons. The van der Waals surface area contributed by atoms with Gasteiger partial charge in [-0.05, 0) is 37.2 Å². The summed E-state index contributed by atoms with van der Waals surface area (Å²) in [6.07, 6.45) is 5.25. The molecule has 1 aromatic rings. The smallest absolute Gasteiger partial charge is 0.323 e. The van der Waals surface area contributed by atoms with Crippen molar-refractivity contribution in [2.45, 2.75) is 64.3 Å². The summed E-state index contributed by atoms with van der Waals surface area (Å²) in [5, 5.41) is 2.87. The van der Waals surface area contributed by atoms with Gasteiger partial charge in [-0.25, -0.2) is 4.79 Å². The van der Waals surface area contributed by atoms with E-state index in [0.29, 0.717) is 11.5 Å². The van der Waals surface area contributed by atoms with E-state index in [-0.39, 0.29) is 24.2 Å². The zero-order chi connectivity index (χ0) is 18.9. The van der Waals surface area contributed by atoms with Crippen molar-refractivity contribution in [1.29, 1.82) is 0 Å². The number of ketones is 1. The molecule has 26 heavy (non-hydrogen) atoms. The van der Waals surface area contributed by atoms with Crippen molar-refractivity contribution in [2.75, 3.05) is 6.54 Å². The minimum atomic E-state index is -0.876. The molecule has 0 spiro atoms. The lowest BCUT2D eigenvalue weighted by Crippen LogP contribution is -2.51. The second-order valence-electron chi connectivity index (χ2n) is 8.06. The van der Waals surface area contributed by atoms with Gasteiger partial charge in [-0.1, -0.05) is 57.4 Å². The number of carbonyl (C=O) groups is 3. The normalized spacial score (nSPS) is 24.2. The van der Waals surface area contributed by atoms with Gasteiger partial charge in [-0.3, -0.25) is 14.5 Å². The molecule has 1 aromatic carbocycles. The van der Waals surface area contributed by atoms with Crippen molar-refractivity contribution in [1.82, 2.24) is 10.2 Å². The molecule has 5 heteroatoms. The van der Waals surface area contributed by atoms with E-state index in [0.717, 1.165) is 36.1 Å². The first-order valence-corrected chi connectivity index (χ1v) is 9.60. The molecule has 1 heterocycles. The van der Waals surface area contributed by atoms with Gasteiger partial charge in [0.1, 0.15) is 5.54 Å². The fourth-order valence-electron chi connectivity index (χ4n) is 4.10. The highest BCUT2D eigenvalue weighted by atomic mass is 16.2. The third-order valence-corrected chi connectivity index (χ3v) is 5.92. The van der Waals surface area contributed by atoms with Gasteiger partial charge in [0.2, 0.25) is 0 Å². The maximum absolute atomic E-state index is 12.9. The van der Waals surface area contributed by atoms with Crippen molar-refractivity contribution in [3.63, 3.8) is 0 Å². The number of hydrogen-bond acceptors (Lipinski definition) is 3. The lowest BCUT2D eigenvalue weighted by Gasteiger charge is -2.34. The van der Waals surface area contributed by atoms with Gasteiger partial charge in [0.05, 0.1) is 6.54 Å². The Morgan fingerprint density at radius 3 is 2.35 bits per heavy atom. The molecule has 2 fully saturated rings. The van der Waals surface area contributed by atoms with Gasteiger partial charge in [0.15, 0.2) is 5.78 Å². The molecular formula is C21H28N2O3. The average Bonchev–Trinajstić information content (AvgIpc) is 2.86. The van der Waals surface area contributed by atoms with E-state index >= 15 is 0 Å². The van der Waals surface area contributed by atoms with Crippen molar-refractivity contribution in [3.05, 3.63) is 35.4 Å². The summed E-state index contributed by atoms with van der Waals surface area (Å²) in [4.78, 5) is 39.0. The Morgan fingerprint density at radius 2 is 1.77 bits per heavy atom. The van der Waals surface area contributed by atoms with Gasteiger partial charge in [0.25, 0.3) is 5.91 Å². The predicted octanol–water partition coefficient (Wildman–Crippen LogP) is 3.88. The maximum atomic E-state index is 12.9. The summed E-state index contributed by atoms with van der Waals surface area (Å²) in [7, 11) is 0. The minimum absolute atomic E-state index is 0.151. The third-order valence-electron chi connectivity index (χ3n) is 5.92. The molecule has 1 aliphatic heterocycles. The standard InChI is InChI=1S/C21H28N2O3/c1-14(2)15-9-11-16(12-10-15)18(24)13-23-19(25)21(3,22-20(23)26)17-7-5-4-6-8-17/h9-12,14,17H,4-8,13H2,1-3H3,(H,22,26)/t21-/m1/s1. The van der Waals surface area contributed by atoms with Crippen LogP contribution in [-0.2, 0) is 4.79 Å². The molecule has 1 aliphatic carbocycles. The summed E-state index contributed by atoms with van der Waals surface area (Å²) in [5.41, 5.74) is 0.807. The van der Waals surface area contributed by atoms with Crippen LogP contribution >= 0.6 is 0 Å². The molecular weight excluding hydrogens is 328 g/mol. The van der Waals surface area contributed by atoms with E-state index in [2.05, 4.69) is 19.2 Å². The molecule has 140 valence electrons. The molecule has 0 aromatic heterocycles. The SMILES string of the molecule is CC(C)c1ccc(C(=O)CN2C(=O)N[C@](C)(C3CCCCC3)C2=O)cc1. The second-order valence-corrected chi connectivity index (χ2v) is 8.06. The van der Waals surface area contributed by atoms with Gasteiger partial charge in [0, 0.05) is 5.56 Å². The number of Topliss-reactive ketones (excluding diaryl/α,β-unsaturated/α-hetero) is 1. The van der Waals surface area contributed by atoms with Crippen LogP contribution in [0.4, 0.5) is 4.79 Å². The Kier molecular flexibility index (Phi) is 5.17. The molecule has 1 atom stereocenters. The van der Waals surface area contributed by atoms with Crippen LogP contribution in [0.25, 0.3) is 0 Å². The number of imide groups is 1. The molecule has 1 saturated carbocycles. The molecule has 3 amide bonds. The zero-order valence-corrected chi connectivity index (χ0v) is 15.9. The van der Waals surface area contributed by atoms with E-state index < -0.39 is 11.6 Å². The van der Waals surface area contributed by atoms with E-state index in [1.54, 1.807) is 12.1 Å². The second kappa shape index (κ2) is 7.22. The Labute approximate surface area is 155 Å². The van der Waals surface area contributed by atoms with Gasteiger partial charge < -0.3 is 5.32 Å². The molecule has 1 saturated heterocycles. The van der Waals surface area contributed by atoms with Crippen LogP contribution in [0.3, 0.4) is 0 Å². The van der Waals surface area contributed by atoms with Crippen molar-refractivity contribution in [3.8, 4) is 0 Å². The number of rotatable bonds is 5. The zero-order valence-electron chi connectivity index (χ0n) is 15.9. The Bertz CT molecular complexity index is 704. The van der Waals surface area contributed by atoms with Crippen molar-refractivity contribution >= 4 is 17.7 Å². The van der Waals surface area contributed by atoms with Gasteiger partial charge >= 0.3 is 6.03 Å². The fourth-order valence-corrected chi connectivity index (χ4v) is 4.10. The monoisotopic (exact) mass is 356 g/mol. The van der Waals surface area contributed by atoms with Crippen LogP contribution in [0.15, 0.2) is 24.3 Å². The van der Waals surface area contributed by atoms with Crippen molar-refractivity contribution < 1.29 is 14.4 Å². The highest BCUT2D eigenvalue weighted by molar-refractivity contribution is 6.11. The predicted molar refractivity (Wildman–Crippen MR) is 100 cm³/mol. The van der Waals surface area contributed by atoms with Crippen molar-refractivity contribution in [2.24, 2.45) is 5.92 Å².